The second-order valence-corrected chi connectivity index (χ2v) is 6.19. The van der Waals surface area contributed by atoms with Crippen molar-refractivity contribution in [2.45, 2.75) is 20.5 Å². The number of hydrogen-bond acceptors (Lipinski definition) is 6. The number of benzene rings is 2. The predicted molar refractivity (Wildman–Crippen MR) is 102 cm³/mol. The van der Waals surface area contributed by atoms with Crippen LogP contribution in [0.25, 0.3) is 0 Å². The molecule has 0 saturated carbocycles. The van der Waals surface area contributed by atoms with Crippen LogP contribution in [0.15, 0.2) is 52.9 Å². The SMILES string of the molecule is Cc1cccc(C)c1OCc1ccc(C(=O)Nc2ccc([N+](=O)[O-])cc2O)o1. The van der Waals surface area contributed by atoms with Gasteiger partial charge >= 0.3 is 0 Å². The Morgan fingerprint density at radius 2 is 1.89 bits per heavy atom. The van der Waals surface area contributed by atoms with Crippen molar-refractivity contribution in [3.05, 3.63) is 81.3 Å². The number of amides is 1. The van der Waals surface area contributed by atoms with Crippen molar-refractivity contribution >= 4 is 17.3 Å². The van der Waals surface area contributed by atoms with E-state index in [1.165, 1.54) is 18.2 Å². The summed E-state index contributed by atoms with van der Waals surface area (Å²) in [7, 11) is 0. The smallest absolute Gasteiger partial charge is 0.291 e. The Morgan fingerprint density at radius 1 is 1.18 bits per heavy atom. The summed E-state index contributed by atoms with van der Waals surface area (Å²) in [6.45, 7) is 4.04. The largest absolute Gasteiger partial charge is 0.506 e. The van der Waals surface area contributed by atoms with Gasteiger partial charge in [0, 0.05) is 6.07 Å². The highest BCUT2D eigenvalue weighted by Crippen LogP contribution is 2.28. The third kappa shape index (κ3) is 4.12. The Bertz CT molecular complexity index is 1020. The van der Waals surface area contributed by atoms with Gasteiger partial charge in [0.05, 0.1) is 16.7 Å². The average molecular weight is 382 g/mol. The molecule has 0 fully saturated rings. The fourth-order valence-electron chi connectivity index (χ4n) is 2.67. The minimum atomic E-state index is -0.639. The van der Waals surface area contributed by atoms with Crippen molar-refractivity contribution in [1.82, 2.24) is 0 Å². The topological polar surface area (TPSA) is 115 Å². The fraction of sp³-hybridized carbons (Fsp3) is 0.150. The number of carbonyl (C=O) groups excluding carboxylic acids is 1. The number of nitro benzene ring substituents is 1. The fourth-order valence-corrected chi connectivity index (χ4v) is 2.67. The molecule has 0 atom stereocenters. The molecule has 0 saturated heterocycles. The zero-order valence-electron chi connectivity index (χ0n) is 15.3. The first-order chi connectivity index (χ1) is 13.3. The second kappa shape index (κ2) is 7.83. The molecule has 2 aromatic carbocycles. The van der Waals surface area contributed by atoms with E-state index in [2.05, 4.69) is 5.32 Å². The normalized spacial score (nSPS) is 10.5. The van der Waals surface area contributed by atoms with Crippen molar-refractivity contribution in [1.29, 1.82) is 0 Å². The van der Waals surface area contributed by atoms with Gasteiger partial charge in [-0.2, -0.15) is 0 Å². The summed E-state index contributed by atoms with van der Waals surface area (Å²) in [5, 5.41) is 23.0. The molecular formula is C20H18N2O6. The standard InChI is InChI=1S/C20H18N2O6/c1-12-4-3-5-13(2)19(12)27-11-15-7-9-18(28-15)20(24)21-16-8-6-14(22(25)26)10-17(16)23/h3-10,23H,11H2,1-2H3,(H,21,24). The summed E-state index contributed by atoms with van der Waals surface area (Å²) >= 11 is 0. The van der Waals surface area contributed by atoms with Crippen LogP contribution in [-0.2, 0) is 6.61 Å². The molecule has 2 N–H and O–H groups in total. The molecule has 3 rings (SSSR count). The Labute approximate surface area is 160 Å². The Hall–Kier alpha value is -3.81. The number of phenolic OH excluding ortho intramolecular Hbond substituents is 1. The van der Waals surface area contributed by atoms with Gasteiger partial charge in [0.15, 0.2) is 5.76 Å². The van der Waals surface area contributed by atoms with Gasteiger partial charge in [-0.3, -0.25) is 14.9 Å². The van der Waals surface area contributed by atoms with Crippen LogP contribution < -0.4 is 10.1 Å². The van der Waals surface area contributed by atoms with Crippen molar-refractivity contribution in [2.75, 3.05) is 5.32 Å². The van der Waals surface area contributed by atoms with Crippen molar-refractivity contribution < 1.29 is 24.0 Å². The number of rotatable bonds is 6. The van der Waals surface area contributed by atoms with E-state index in [4.69, 9.17) is 9.15 Å². The molecule has 0 unspecified atom stereocenters. The number of hydrogen-bond donors (Lipinski definition) is 2. The van der Waals surface area contributed by atoms with Gasteiger partial charge in [0.25, 0.3) is 11.6 Å². The number of nitro groups is 1. The van der Waals surface area contributed by atoms with Crippen LogP contribution >= 0.6 is 0 Å². The highest BCUT2D eigenvalue weighted by molar-refractivity contribution is 6.03. The monoisotopic (exact) mass is 382 g/mol. The molecule has 144 valence electrons. The van der Waals surface area contributed by atoms with E-state index >= 15 is 0 Å². The van der Waals surface area contributed by atoms with Gasteiger partial charge in [-0.15, -0.1) is 0 Å². The van der Waals surface area contributed by atoms with Crippen LogP contribution in [0.5, 0.6) is 11.5 Å². The summed E-state index contributed by atoms with van der Waals surface area (Å²) < 4.78 is 11.3. The number of aryl methyl sites for hydroxylation is 2. The second-order valence-electron chi connectivity index (χ2n) is 6.19. The van der Waals surface area contributed by atoms with E-state index in [-0.39, 0.29) is 23.7 Å². The van der Waals surface area contributed by atoms with Gasteiger partial charge in [-0.05, 0) is 43.2 Å². The first kappa shape index (κ1) is 19.0. The maximum Gasteiger partial charge on any atom is 0.291 e. The molecule has 1 amide bonds. The first-order valence-electron chi connectivity index (χ1n) is 8.41. The number of nitrogens with zero attached hydrogens (tertiary/aromatic N) is 1. The molecule has 0 radical (unpaired) electrons. The minimum Gasteiger partial charge on any atom is -0.506 e. The first-order valence-corrected chi connectivity index (χ1v) is 8.41. The van der Waals surface area contributed by atoms with E-state index in [1.807, 2.05) is 32.0 Å². The summed E-state index contributed by atoms with van der Waals surface area (Å²) in [6.07, 6.45) is 0. The number of aromatic hydroxyl groups is 1. The van der Waals surface area contributed by atoms with Crippen LogP contribution in [0.1, 0.15) is 27.4 Å². The lowest BCUT2D eigenvalue weighted by atomic mass is 10.1. The molecule has 3 aromatic rings. The highest BCUT2D eigenvalue weighted by Gasteiger charge is 2.16. The predicted octanol–water partition coefficient (Wildman–Crippen LogP) is 4.34. The van der Waals surface area contributed by atoms with Crippen molar-refractivity contribution in [3.8, 4) is 11.5 Å². The number of nitrogens with one attached hydrogen (secondary N) is 1. The van der Waals surface area contributed by atoms with E-state index in [0.717, 1.165) is 22.9 Å². The van der Waals surface area contributed by atoms with E-state index in [9.17, 15) is 20.0 Å². The maximum absolute atomic E-state index is 12.3. The molecule has 1 aromatic heterocycles. The number of phenols is 1. The third-order valence-electron chi connectivity index (χ3n) is 4.09. The Morgan fingerprint density at radius 3 is 2.54 bits per heavy atom. The molecule has 0 aliphatic carbocycles. The zero-order chi connectivity index (χ0) is 20.3. The summed E-state index contributed by atoms with van der Waals surface area (Å²) in [6, 6.07) is 12.3. The van der Waals surface area contributed by atoms with Crippen molar-refractivity contribution in [2.24, 2.45) is 0 Å². The number of carbonyl (C=O) groups is 1. The van der Waals surface area contributed by atoms with Crippen LogP contribution in [0.3, 0.4) is 0 Å². The lowest BCUT2D eigenvalue weighted by Crippen LogP contribution is -2.11. The molecule has 0 spiro atoms. The van der Waals surface area contributed by atoms with Gasteiger partial charge < -0.3 is 19.6 Å². The Kier molecular flexibility index (Phi) is 5.30. The van der Waals surface area contributed by atoms with E-state index in [1.54, 1.807) is 6.07 Å². The molecule has 8 nitrogen and oxygen atoms in total. The quantitative estimate of drug-likeness (QED) is 0.372. The molecule has 1 heterocycles. The zero-order valence-corrected chi connectivity index (χ0v) is 15.3. The molecule has 0 aliphatic rings. The summed E-state index contributed by atoms with van der Waals surface area (Å²) in [5.74, 6) is 0.245. The number of para-hydroxylation sites is 1. The van der Waals surface area contributed by atoms with Crippen molar-refractivity contribution in [3.63, 3.8) is 0 Å². The number of furan rings is 1. The highest BCUT2D eigenvalue weighted by atomic mass is 16.6. The van der Waals surface area contributed by atoms with Gasteiger partial charge in [-0.1, -0.05) is 18.2 Å². The lowest BCUT2D eigenvalue weighted by molar-refractivity contribution is -0.384. The number of ether oxygens (including phenoxy) is 1. The van der Waals surface area contributed by atoms with Crippen LogP contribution in [-0.4, -0.2) is 15.9 Å². The molecule has 8 heteroatoms. The van der Waals surface area contributed by atoms with Crippen LogP contribution in [0.4, 0.5) is 11.4 Å². The van der Waals surface area contributed by atoms with E-state index < -0.39 is 16.6 Å². The van der Waals surface area contributed by atoms with Gasteiger partial charge in [0.1, 0.15) is 23.9 Å². The number of non-ortho nitro benzene ring substituents is 1. The average Bonchev–Trinajstić information content (AvgIpc) is 3.12. The molecule has 28 heavy (non-hydrogen) atoms. The summed E-state index contributed by atoms with van der Waals surface area (Å²) in [5.41, 5.74) is 1.76. The minimum absolute atomic E-state index is 0.0258. The number of anilines is 1. The molecule has 0 bridgehead atoms. The third-order valence-corrected chi connectivity index (χ3v) is 4.09. The molecular weight excluding hydrogens is 364 g/mol. The Balaban J connectivity index is 1.66. The summed E-state index contributed by atoms with van der Waals surface area (Å²) in [4.78, 5) is 22.3. The molecule has 0 aliphatic heterocycles. The van der Waals surface area contributed by atoms with Gasteiger partial charge in [0.2, 0.25) is 0 Å². The van der Waals surface area contributed by atoms with E-state index in [0.29, 0.717) is 5.76 Å². The van der Waals surface area contributed by atoms with Crippen LogP contribution in [0.2, 0.25) is 0 Å². The van der Waals surface area contributed by atoms with Crippen LogP contribution in [0, 0.1) is 24.0 Å². The maximum atomic E-state index is 12.3. The lowest BCUT2D eigenvalue weighted by Gasteiger charge is -2.10. The van der Waals surface area contributed by atoms with Gasteiger partial charge in [-0.25, -0.2) is 0 Å².